The van der Waals surface area contributed by atoms with Gasteiger partial charge in [0.05, 0.1) is 0 Å². The molecule has 0 unspecified atom stereocenters. The highest BCUT2D eigenvalue weighted by Gasteiger charge is 2.63. The van der Waals surface area contributed by atoms with E-state index in [2.05, 4.69) is 0 Å². The van der Waals surface area contributed by atoms with Crippen LogP contribution in [0.25, 0.3) is 0 Å². The third-order valence-corrected chi connectivity index (χ3v) is 3.08. The predicted octanol–water partition coefficient (Wildman–Crippen LogP) is 3.81. The van der Waals surface area contributed by atoms with Crippen LogP contribution in [0.4, 0.5) is 8.78 Å². The zero-order valence-electron chi connectivity index (χ0n) is 11.5. The molecule has 0 aliphatic heterocycles. The molecule has 0 bridgehead atoms. The van der Waals surface area contributed by atoms with Gasteiger partial charge in [-0.1, -0.05) is 51.1 Å². The van der Waals surface area contributed by atoms with Crippen molar-refractivity contribution in [2.45, 2.75) is 32.5 Å². The first-order valence-corrected chi connectivity index (χ1v) is 5.76. The molecule has 1 rings (SSSR count). The van der Waals surface area contributed by atoms with Crippen LogP contribution in [0, 0.1) is 5.41 Å². The van der Waals surface area contributed by atoms with Crippen molar-refractivity contribution < 1.29 is 18.3 Å². The minimum atomic E-state index is -3.19. The summed E-state index contributed by atoms with van der Waals surface area (Å²) in [6.07, 6.45) is 0. The molecule has 1 aromatic carbocycles. The van der Waals surface area contributed by atoms with Crippen LogP contribution in [0.2, 0.25) is 0 Å². The van der Waals surface area contributed by atoms with Gasteiger partial charge in [-0.05, 0) is 0 Å². The van der Waals surface area contributed by atoms with Crippen LogP contribution in [0.3, 0.4) is 0 Å². The Balaban J connectivity index is 3.42. The Morgan fingerprint density at radius 2 is 1.33 bits per heavy atom. The highest BCUT2D eigenvalue weighted by Crippen LogP contribution is 2.51. The standard InChI is InChI=1S/C14H20F2O2/c1-12(2,3)14(15,16)13(17-4,18-5)11-9-7-6-8-10-11/h6-10H,1-5H3. The average molecular weight is 258 g/mol. The molecule has 0 saturated carbocycles. The predicted molar refractivity (Wildman–Crippen MR) is 66.5 cm³/mol. The van der Waals surface area contributed by atoms with E-state index in [1.165, 1.54) is 35.0 Å². The van der Waals surface area contributed by atoms with Gasteiger partial charge in [0.15, 0.2) is 0 Å². The first kappa shape index (κ1) is 15.1. The van der Waals surface area contributed by atoms with Crippen LogP contribution in [-0.2, 0) is 15.3 Å². The zero-order valence-corrected chi connectivity index (χ0v) is 11.5. The van der Waals surface area contributed by atoms with Gasteiger partial charge in [-0.3, -0.25) is 0 Å². The lowest BCUT2D eigenvalue weighted by atomic mass is 9.80. The summed E-state index contributed by atoms with van der Waals surface area (Å²) in [5.74, 6) is -5.27. The fraction of sp³-hybridized carbons (Fsp3) is 0.571. The number of hydrogen-bond donors (Lipinski definition) is 0. The Morgan fingerprint density at radius 1 is 0.889 bits per heavy atom. The third-order valence-electron chi connectivity index (χ3n) is 3.08. The van der Waals surface area contributed by atoms with Gasteiger partial charge in [0, 0.05) is 25.2 Å². The van der Waals surface area contributed by atoms with E-state index < -0.39 is 17.1 Å². The monoisotopic (exact) mass is 258 g/mol. The summed E-state index contributed by atoms with van der Waals surface area (Å²) in [4.78, 5) is 0. The van der Waals surface area contributed by atoms with E-state index in [4.69, 9.17) is 9.47 Å². The lowest BCUT2D eigenvalue weighted by Crippen LogP contribution is -2.55. The fourth-order valence-electron chi connectivity index (χ4n) is 1.91. The van der Waals surface area contributed by atoms with Crippen LogP contribution >= 0.6 is 0 Å². The Hall–Kier alpha value is -1.00. The Bertz CT molecular complexity index is 379. The Morgan fingerprint density at radius 3 is 1.67 bits per heavy atom. The molecule has 0 heterocycles. The fourth-order valence-corrected chi connectivity index (χ4v) is 1.91. The number of benzene rings is 1. The van der Waals surface area contributed by atoms with E-state index in [0.717, 1.165) is 0 Å². The molecular formula is C14H20F2O2. The van der Waals surface area contributed by atoms with Crippen LogP contribution in [0.5, 0.6) is 0 Å². The van der Waals surface area contributed by atoms with Gasteiger partial charge >= 0.3 is 5.92 Å². The van der Waals surface area contributed by atoms with Crippen molar-refractivity contribution in [2.75, 3.05) is 14.2 Å². The lowest BCUT2D eigenvalue weighted by molar-refractivity contribution is -0.358. The quantitative estimate of drug-likeness (QED) is 0.764. The van der Waals surface area contributed by atoms with Gasteiger partial charge in [0.25, 0.3) is 5.79 Å². The molecule has 0 atom stereocenters. The smallest absolute Gasteiger partial charge is 0.310 e. The molecule has 0 aliphatic rings. The number of methoxy groups -OCH3 is 2. The molecule has 18 heavy (non-hydrogen) atoms. The van der Waals surface area contributed by atoms with Crippen LogP contribution < -0.4 is 0 Å². The molecule has 0 fully saturated rings. The van der Waals surface area contributed by atoms with Crippen molar-refractivity contribution in [1.29, 1.82) is 0 Å². The number of alkyl halides is 2. The van der Waals surface area contributed by atoms with Gasteiger partial charge < -0.3 is 9.47 Å². The topological polar surface area (TPSA) is 18.5 Å². The first-order chi connectivity index (χ1) is 8.23. The number of halogens is 2. The third kappa shape index (κ3) is 2.15. The molecule has 0 amide bonds. The van der Waals surface area contributed by atoms with Gasteiger partial charge in [-0.25, -0.2) is 0 Å². The van der Waals surface area contributed by atoms with Crippen molar-refractivity contribution in [2.24, 2.45) is 5.41 Å². The van der Waals surface area contributed by atoms with Crippen LogP contribution in [0.15, 0.2) is 30.3 Å². The molecule has 0 aliphatic carbocycles. The molecule has 2 nitrogen and oxygen atoms in total. The van der Waals surface area contributed by atoms with Crippen LogP contribution in [0.1, 0.15) is 26.3 Å². The van der Waals surface area contributed by atoms with Gasteiger partial charge in [0.2, 0.25) is 0 Å². The van der Waals surface area contributed by atoms with E-state index >= 15 is 0 Å². The van der Waals surface area contributed by atoms with Crippen LogP contribution in [-0.4, -0.2) is 20.1 Å². The van der Waals surface area contributed by atoms with Crippen molar-refractivity contribution in [3.8, 4) is 0 Å². The molecule has 0 spiro atoms. The molecule has 0 N–H and O–H groups in total. The van der Waals surface area contributed by atoms with Gasteiger partial charge in [-0.15, -0.1) is 0 Å². The van der Waals surface area contributed by atoms with E-state index in [-0.39, 0.29) is 0 Å². The maximum absolute atomic E-state index is 14.7. The van der Waals surface area contributed by atoms with E-state index in [9.17, 15) is 8.78 Å². The Kier molecular flexibility index (Phi) is 4.13. The molecule has 1 aromatic rings. The maximum Gasteiger partial charge on any atom is 0.310 e. The minimum absolute atomic E-state index is 0.301. The zero-order chi connectivity index (χ0) is 14.0. The number of hydrogen-bond acceptors (Lipinski definition) is 2. The molecule has 0 radical (unpaired) electrons. The van der Waals surface area contributed by atoms with Crippen molar-refractivity contribution in [3.63, 3.8) is 0 Å². The average Bonchev–Trinajstić information content (AvgIpc) is 2.31. The van der Waals surface area contributed by atoms with Gasteiger partial charge in [0.1, 0.15) is 0 Å². The second-order valence-corrected chi connectivity index (χ2v) is 5.22. The molecule has 0 aromatic heterocycles. The largest absolute Gasteiger partial charge is 0.345 e. The summed E-state index contributed by atoms with van der Waals surface area (Å²) in [5, 5.41) is 0. The summed E-state index contributed by atoms with van der Waals surface area (Å²) in [6, 6.07) is 8.27. The maximum atomic E-state index is 14.7. The number of ether oxygens (including phenoxy) is 2. The second kappa shape index (κ2) is 4.94. The summed E-state index contributed by atoms with van der Waals surface area (Å²) in [6.45, 7) is 4.38. The van der Waals surface area contributed by atoms with Crippen molar-refractivity contribution in [1.82, 2.24) is 0 Å². The highest BCUT2D eigenvalue weighted by molar-refractivity contribution is 5.24. The van der Waals surface area contributed by atoms with E-state index in [1.54, 1.807) is 30.3 Å². The minimum Gasteiger partial charge on any atom is -0.345 e. The van der Waals surface area contributed by atoms with Gasteiger partial charge in [-0.2, -0.15) is 8.78 Å². The molecule has 0 saturated heterocycles. The molecule has 102 valence electrons. The SMILES string of the molecule is COC(OC)(c1ccccc1)C(F)(F)C(C)(C)C. The Labute approximate surface area is 107 Å². The van der Waals surface area contributed by atoms with Crippen molar-refractivity contribution >= 4 is 0 Å². The summed E-state index contributed by atoms with van der Waals surface area (Å²) in [7, 11) is 2.46. The van der Waals surface area contributed by atoms with E-state index in [1.807, 2.05) is 0 Å². The summed E-state index contributed by atoms with van der Waals surface area (Å²) >= 11 is 0. The summed E-state index contributed by atoms with van der Waals surface area (Å²) < 4.78 is 39.6. The highest BCUT2D eigenvalue weighted by atomic mass is 19.3. The second-order valence-electron chi connectivity index (χ2n) is 5.22. The molecular weight excluding hydrogens is 238 g/mol. The first-order valence-electron chi connectivity index (χ1n) is 5.76. The normalized spacial score (nSPS) is 13.7. The lowest BCUT2D eigenvalue weighted by Gasteiger charge is -2.44. The van der Waals surface area contributed by atoms with E-state index in [0.29, 0.717) is 5.56 Å². The van der Waals surface area contributed by atoms with Crippen molar-refractivity contribution in [3.05, 3.63) is 35.9 Å². The summed E-state index contributed by atoms with van der Waals surface area (Å²) in [5.41, 5.74) is -0.996. The molecule has 4 heteroatoms. The number of rotatable bonds is 4.